The van der Waals surface area contributed by atoms with E-state index in [4.69, 9.17) is 4.74 Å². The first-order chi connectivity index (χ1) is 7.35. The van der Waals surface area contributed by atoms with Gasteiger partial charge in [-0.3, -0.25) is 4.79 Å². The Morgan fingerprint density at radius 3 is 2.31 bits per heavy atom. The third kappa shape index (κ3) is 4.97. The number of carbonyl (C=O) groups is 1. The molecule has 0 bridgehead atoms. The summed E-state index contributed by atoms with van der Waals surface area (Å²) in [5.74, 6) is -0.307. The lowest BCUT2D eigenvalue weighted by Crippen LogP contribution is -2.41. The van der Waals surface area contributed by atoms with Crippen molar-refractivity contribution in [2.45, 2.75) is 59.5 Å². The van der Waals surface area contributed by atoms with E-state index in [2.05, 4.69) is 0 Å². The lowest BCUT2D eigenvalue weighted by molar-refractivity contribution is -0.158. The molecule has 0 aromatic rings. The van der Waals surface area contributed by atoms with Crippen molar-refractivity contribution in [2.75, 3.05) is 6.61 Å². The van der Waals surface area contributed by atoms with Crippen LogP contribution >= 0.6 is 0 Å². The van der Waals surface area contributed by atoms with Crippen molar-refractivity contribution in [3.8, 4) is 0 Å². The smallest absolute Gasteiger partial charge is 0.311 e. The Morgan fingerprint density at radius 1 is 1.38 bits per heavy atom. The molecule has 0 rings (SSSR count). The van der Waals surface area contributed by atoms with Crippen LogP contribution < -0.4 is 0 Å². The van der Waals surface area contributed by atoms with Gasteiger partial charge in [0.05, 0.1) is 18.1 Å². The molecular formula is C13H26O3. The van der Waals surface area contributed by atoms with E-state index < -0.39 is 11.5 Å². The molecule has 0 fully saturated rings. The van der Waals surface area contributed by atoms with Crippen LogP contribution in [0, 0.1) is 11.8 Å². The van der Waals surface area contributed by atoms with Crippen LogP contribution in [0.1, 0.15) is 53.9 Å². The number of hydrogen-bond donors (Lipinski definition) is 1. The maximum atomic E-state index is 11.8. The third-order valence-corrected chi connectivity index (χ3v) is 2.72. The summed E-state index contributed by atoms with van der Waals surface area (Å²) in [4.78, 5) is 11.8. The van der Waals surface area contributed by atoms with E-state index in [1.54, 1.807) is 13.8 Å². The molecule has 0 heterocycles. The summed E-state index contributed by atoms with van der Waals surface area (Å²) in [7, 11) is 0. The summed E-state index contributed by atoms with van der Waals surface area (Å²) < 4.78 is 5.03. The van der Waals surface area contributed by atoms with Crippen molar-refractivity contribution in [3.05, 3.63) is 0 Å². The Bertz CT molecular complexity index is 209. The molecule has 0 saturated carbocycles. The topological polar surface area (TPSA) is 46.5 Å². The Morgan fingerprint density at radius 2 is 1.94 bits per heavy atom. The van der Waals surface area contributed by atoms with Crippen molar-refractivity contribution >= 4 is 5.97 Å². The molecule has 0 aromatic carbocycles. The number of esters is 1. The second-order valence-corrected chi connectivity index (χ2v) is 5.05. The molecule has 0 aliphatic heterocycles. The summed E-state index contributed by atoms with van der Waals surface area (Å²) in [6.07, 6.45) is 2.17. The molecule has 3 nitrogen and oxygen atoms in total. The molecule has 3 heteroatoms. The van der Waals surface area contributed by atoms with Crippen molar-refractivity contribution < 1.29 is 14.6 Å². The molecule has 0 amide bonds. The second-order valence-electron chi connectivity index (χ2n) is 5.05. The average Bonchev–Trinajstić information content (AvgIpc) is 2.11. The molecule has 0 aromatic heterocycles. The van der Waals surface area contributed by atoms with Crippen LogP contribution in [0.15, 0.2) is 0 Å². The minimum Gasteiger partial charge on any atom is -0.466 e. The highest BCUT2D eigenvalue weighted by molar-refractivity contribution is 5.73. The van der Waals surface area contributed by atoms with E-state index in [0.29, 0.717) is 25.4 Å². The van der Waals surface area contributed by atoms with Crippen molar-refractivity contribution in [1.29, 1.82) is 0 Å². The van der Waals surface area contributed by atoms with Crippen LogP contribution in [0.25, 0.3) is 0 Å². The van der Waals surface area contributed by atoms with E-state index in [-0.39, 0.29) is 5.97 Å². The molecule has 0 aliphatic carbocycles. The average molecular weight is 230 g/mol. The maximum absolute atomic E-state index is 11.8. The standard InChI is InChI=1S/C13H26O3/c1-6-8-11(12(14)16-7-2)13(5,15)9-10(3)4/h10-11,15H,6-9H2,1-5H3. The zero-order valence-corrected chi connectivity index (χ0v) is 11.2. The van der Waals surface area contributed by atoms with Gasteiger partial charge in [-0.05, 0) is 32.6 Å². The van der Waals surface area contributed by atoms with Crippen LogP contribution in [0.3, 0.4) is 0 Å². The van der Waals surface area contributed by atoms with E-state index in [1.165, 1.54) is 0 Å². The quantitative estimate of drug-likeness (QED) is 0.684. The summed E-state index contributed by atoms with van der Waals surface area (Å²) >= 11 is 0. The minimum absolute atomic E-state index is 0.269. The third-order valence-electron chi connectivity index (χ3n) is 2.72. The Balaban J connectivity index is 4.66. The van der Waals surface area contributed by atoms with Crippen LogP contribution in [0.2, 0.25) is 0 Å². The van der Waals surface area contributed by atoms with Crippen LogP contribution in [-0.4, -0.2) is 23.3 Å². The van der Waals surface area contributed by atoms with Crippen LogP contribution in [0.5, 0.6) is 0 Å². The fourth-order valence-corrected chi connectivity index (χ4v) is 2.18. The van der Waals surface area contributed by atoms with E-state index >= 15 is 0 Å². The van der Waals surface area contributed by atoms with Crippen molar-refractivity contribution in [3.63, 3.8) is 0 Å². The molecule has 0 radical (unpaired) electrons. The number of hydrogen-bond acceptors (Lipinski definition) is 3. The Hall–Kier alpha value is -0.570. The van der Waals surface area contributed by atoms with Crippen LogP contribution in [-0.2, 0) is 9.53 Å². The van der Waals surface area contributed by atoms with Gasteiger partial charge in [0.25, 0.3) is 0 Å². The minimum atomic E-state index is -0.962. The van der Waals surface area contributed by atoms with E-state index in [0.717, 1.165) is 6.42 Å². The summed E-state index contributed by atoms with van der Waals surface area (Å²) in [5, 5.41) is 10.4. The fourth-order valence-electron chi connectivity index (χ4n) is 2.18. The van der Waals surface area contributed by atoms with Crippen molar-refractivity contribution in [2.24, 2.45) is 11.8 Å². The SMILES string of the molecule is CCCC(C(=O)OCC)C(C)(O)CC(C)C. The largest absolute Gasteiger partial charge is 0.466 e. The zero-order chi connectivity index (χ0) is 12.8. The van der Waals surface area contributed by atoms with Gasteiger partial charge in [-0.15, -0.1) is 0 Å². The second kappa shape index (κ2) is 6.89. The van der Waals surface area contributed by atoms with Crippen LogP contribution in [0.4, 0.5) is 0 Å². The first-order valence-corrected chi connectivity index (χ1v) is 6.24. The zero-order valence-electron chi connectivity index (χ0n) is 11.2. The van der Waals surface area contributed by atoms with Gasteiger partial charge in [-0.2, -0.15) is 0 Å². The molecule has 16 heavy (non-hydrogen) atoms. The maximum Gasteiger partial charge on any atom is 0.311 e. The van der Waals surface area contributed by atoms with Gasteiger partial charge in [0.15, 0.2) is 0 Å². The molecule has 0 aliphatic rings. The van der Waals surface area contributed by atoms with E-state index in [9.17, 15) is 9.90 Å². The molecule has 2 atom stereocenters. The predicted molar refractivity (Wildman–Crippen MR) is 65.1 cm³/mol. The normalized spacial score (nSPS) is 16.9. The summed E-state index contributed by atoms with van der Waals surface area (Å²) in [6, 6.07) is 0. The monoisotopic (exact) mass is 230 g/mol. The number of ether oxygens (including phenoxy) is 1. The highest BCUT2D eigenvalue weighted by atomic mass is 16.5. The first kappa shape index (κ1) is 15.4. The molecular weight excluding hydrogens is 204 g/mol. The number of rotatable bonds is 7. The lowest BCUT2D eigenvalue weighted by Gasteiger charge is -2.32. The highest BCUT2D eigenvalue weighted by Crippen LogP contribution is 2.29. The van der Waals surface area contributed by atoms with Gasteiger partial charge >= 0.3 is 5.97 Å². The predicted octanol–water partition coefficient (Wildman–Crippen LogP) is 2.76. The van der Waals surface area contributed by atoms with Gasteiger partial charge < -0.3 is 9.84 Å². The van der Waals surface area contributed by atoms with Gasteiger partial charge in [-0.25, -0.2) is 0 Å². The number of aliphatic hydroxyl groups is 1. The lowest BCUT2D eigenvalue weighted by atomic mass is 9.80. The Labute approximate surface area is 99.2 Å². The highest BCUT2D eigenvalue weighted by Gasteiger charge is 2.37. The Kier molecular flexibility index (Phi) is 6.65. The van der Waals surface area contributed by atoms with Crippen molar-refractivity contribution in [1.82, 2.24) is 0 Å². The van der Waals surface area contributed by atoms with Gasteiger partial charge in [0.2, 0.25) is 0 Å². The summed E-state index contributed by atoms with van der Waals surface area (Å²) in [6.45, 7) is 10.0. The fraction of sp³-hybridized carbons (Fsp3) is 0.923. The van der Waals surface area contributed by atoms with Gasteiger partial charge in [0, 0.05) is 0 Å². The molecule has 2 unspecified atom stereocenters. The summed E-state index contributed by atoms with van der Waals surface area (Å²) in [5.41, 5.74) is -0.962. The molecule has 0 spiro atoms. The molecule has 1 N–H and O–H groups in total. The van der Waals surface area contributed by atoms with Gasteiger partial charge in [-0.1, -0.05) is 27.2 Å². The van der Waals surface area contributed by atoms with E-state index in [1.807, 2.05) is 20.8 Å². The van der Waals surface area contributed by atoms with Gasteiger partial charge in [0.1, 0.15) is 0 Å². The molecule has 96 valence electrons. The molecule has 0 saturated heterocycles. The first-order valence-electron chi connectivity index (χ1n) is 6.24. The number of carbonyl (C=O) groups excluding carboxylic acids is 1.